The lowest BCUT2D eigenvalue weighted by atomic mass is 10.2. The topological polar surface area (TPSA) is 89.7 Å². The van der Waals surface area contributed by atoms with Gasteiger partial charge in [-0.3, -0.25) is 14.5 Å². The van der Waals surface area contributed by atoms with Crippen molar-refractivity contribution in [2.45, 2.75) is 6.92 Å². The highest BCUT2D eigenvalue weighted by molar-refractivity contribution is 6.03. The van der Waals surface area contributed by atoms with E-state index < -0.39 is 11.7 Å². The highest BCUT2D eigenvalue weighted by Gasteiger charge is 2.14. The molecule has 8 nitrogen and oxygen atoms in total. The number of hydrogen-bond acceptors (Lipinski definition) is 5. The largest absolute Gasteiger partial charge is 0.355 e. The van der Waals surface area contributed by atoms with E-state index in [4.69, 9.17) is 0 Å². The van der Waals surface area contributed by atoms with Crippen LogP contribution in [0.1, 0.15) is 21.9 Å². The van der Waals surface area contributed by atoms with Crippen LogP contribution in [0.4, 0.5) is 21.5 Å². The number of anilines is 3. The Hall–Kier alpha value is -4.79. The highest BCUT2D eigenvalue weighted by Crippen LogP contribution is 2.26. The third-order valence-corrected chi connectivity index (χ3v) is 5.41. The summed E-state index contributed by atoms with van der Waals surface area (Å²) < 4.78 is 17.7. The Kier molecular flexibility index (Phi) is 5.80. The van der Waals surface area contributed by atoms with Crippen LogP contribution >= 0.6 is 0 Å². The van der Waals surface area contributed by atoms with Gasteiger partial charge < -0.3 is 10.6 Å². The van der Waals surface area contributed by atoms with E-state index in [1.165, 1.54) is 10.7 Å². The molecule has 0 atom stereocenters. The maximum atomic E-state index is 14.4. The quantitative estimate of drug-likeness (QED) is 0.357. The number of aryl methyl sites for hydroxylation is 2. The summed E-state index contributed by atoms with van der Waals surface area (Å²) in [6.07, 6.45) is 7.25. The molecule has 2 aromatic carbocycles. The van der Waals surface area contributed by atoms with E-state index in [1.54, 1.807) is 49.2 Å². The molecule has 0 saturated heterocycles. The molecule has 5 rings (SSSR count). The van der Waals surface area contributed by atoms with Crippen LogP contribution in [0.2, 0.25) is 0 Å². The maximum absolute atomic E-state index is 14.4. The first kappa shape index (κ1) is 22.0. The summed E-state index contributed by atoms with van der Waals surface area (Å²) in [6.45, 7) is 1.79. The smallest absolute Gasteiger partial charge is 0.274 e. The monoisotopic (exact) mass is 467 g/mol. The van der Waals surface area contributed by atoms with Crippen molar-refractivity contribution in [3.8, 4) is 0 Å². The van der Waals surface area contributed by atoms with Gasteiger partial charge in [0.15, 0.2) is 0 Å². The van der Waals surface area contributed by atoms with Crippen molar-refractivity contribution in [2.24, 2.45) is 7.05 Å². The van der Waals surface area contributed by atoms with E-state index >= 15 is 0 Å². The molecule has 174 valence electrons. The average Bonchev–Trinajstić information content (AvgIpc) is 3.42. The van der Waals surface area contributed by atoms with E-state index in [-0.39, 0.29) is 5.69 Å². The van der Waals surface area contributed by atoms with Crippen molar-refractivity contribution in [3.63, 3.8) is 0 Å². The highest BCUT2D eigenvalue weighted by atomic mass is 19.1. The number of fused-ring (bicyclic) bond motifs is 1. The van der Waals surface area contributed by atoms with Gasteiger partial charge in [-0.05, 0) is 67.6 Å². The van der Waals surface area contributed by atoms with Crippen LogP contribution in [0.25, 0.3) is 23.2 Å². The first-order valence-electron chi connectivity index (χ1n) is 10.9. The molecule has 0 aliphatic carbocycles. The number of carbonyl (C=O) groups is 1. The second-order valence-electron chi connectivity index (χ2n) is 8.00. The number of aromatic nitrogens is 5. The molecule has 0 bridgehead atoms. The molecule has 2 N–H and O–H groups in total. The van der Waals surface area contributed by atoms with Gasteiger partial charge in [0.1, 0.15) is 11.5 Å². The minimum absolute atomic E-state index is 0.0725. The standard InChI is InChI=1S/C26H22FN7O/c1-17-13-25(33(2)32-17)26(35)31-23-14-20(8-9-22(23)27)30-21-7-6-18-16-29-34(24(18)15-21)12-10-19-5-3-4-11-28-19/h3-16,30H,1-2H3,(H,31,35). The summed E-state index contributed by atoms with van der Waals surface area (Å²) in [7, 11) is 1.67. The molecular formula is C26H22FN7O. The SMILES string of the molecule is Cc1cc(C(=O)Nc2cc(Nc3ccc4cnn(C=Cc5ccccn5)c4c3)ccc2F)n(C)n1. The van der Waals surface area contributed by atoms with Gasteiger partial charge in [-0.15, -0.1) is 0 Å². The third-order valence-electron chi connectivity index (χ3n) is 5.41. The minimum atomic E-state index is -0.532. The van der Waals surface area contributed by atoms with Crippen LogP contribution < -0.4 is 10.6 Å². The minimum Gasteiger partial charge on any atom is -0.355 e. The first-order chi connectivity index (χ1) is 17.0. The Morgan fingerprint density at radius 2 is 1.89 bits per heavy atom. The van der Waals surface area contributed by atoms with Gasteiger partial charge in [-0.1, -0.05) is 6.07 Å². The molecule has 5 aromatic rings. The van der Waals surface area contributed by atoms with Gasteiger partial charge in [-0.2, -0.15) is 10.2 Å². The zero-order valence-corrected chi connectivity index (χ0v) is 19.1. The predicted molar refractivity (Wildman–Crippen MR) is 135 cm³/mol. The average molecular weight is 468 g/mol. The lowest BCUT2D eigenvalue weighted by Gasteiger charge is -2.11. The molecule has 0 fully saturated rings. The molecule has 9 heteroatoms. The van der Waals surface area contributed by atoms with Crippen molar-refractivity contribution in [2.75, 3.05) is 10.6 Å². The number of amides is 1. The molecule has 1 amide bonds. The Bertz CT molecular complexity index is 1550. The number of carbonyl (C=O) groups excluding carboxylic acids is 1. The number of pyridine rings is 1. The lowest BCUT2D eigenvalue weighted by molar-refractivity contribution is 0.101. The Labute approximate surface area is 200 Å². The van der Waals surface area contributed by atoms with Crippen LogP contribution in [0.3, 0.4) is 0 Å². The summed E-state index contributed by atoms with van der Waals surface area (Å²) in [5.41, 5.74) is 4.25. The fraction of sp³-hybridized carbons (Fsp3) is 0.0769. The number of halogens is 1. The van der Waals surface area contributed by atoms with Gasteiger partial charge in [0.25, 0.3) is 5.91 Å². The molecule has 0 radical (unpaired) electrons. The summed E-state index contributed by atoms with van der Waals surface area (Å²) in [5, 5.41) is 15.5. The number of benzene rings is 2. The van der Waals surface area contributed by atoms with Crippen LogP contribution in [0.15, 0.2) is 73.1 Å². The zero-order chi connectivity index (χ0) is 24.4. The van der Waals surface area contributed by atoms with Crippen molar-refractivity contribution < 1.29 is 9.18 Å². The van der Waals surface area contributed by atoms with Crippen molar-refractivity contribution in [1.82, 2.24) is 24.5 Å². The maximum Gasteiger partial charge on any atom is 0.274 e. The van der Waals surface area contributed by atoms with E-state index in [0.29, 0.717) is 17.1 Å². The van der Waals surface area contributed by atoms with E-state index in [0.717, 1.165) is 22.3 Å². The van der Waals surface area contributed by atoms with Crippen molar-refractivity contribution >= 4 is 46.1 Å². The number of hydrogen-bond donors (Lipinski definition) is 2. The van der Waals surface area contributed by atoms with Gasteiger partial charge in [-0.25, -0.2) is 9.07 Å². The molecule has 0 saturated carbocycles. The fourth-order valence-electron chi connectivity index (χ4n) is 3.73. The van der Waals surface area contributed by atoms with Gasteiger partial charge >= 0.3 is 0 Å². The van der Waals surface area contributed by atoms with E-state index in [9.17, 15) is 9.18 Å². The molecule has 3 aromatic heterocycles. The molecule has 0 aliphatic rings. The lowest BCUT2D eigenvalue weighted by Crippen LogP contribution is -2.17. The number of rotatable bonds is 6. The van der Waals surface area contributed by atoms with Crippen LogP contribution in [0.5, 0.6) is 0 Å². The molecule has 3 heterocycles. The summed E-state index contributed by atoms with van der Waals surface area (Å²) >= 11 is 0. The second-order valence-corrected chi connectivity index (χ2v) is 8.00. The summed E-state index contributed by atoms with van der Waals surface area (Å²) in [4.78, 5) is 16.9. The molecule has 35 heavy (non-hydrogen) atoms. The molecule has 0 unspecified atom stereocenters. The third kappa shape index (κ3) is 4.79. The van der Waals surface area contributed by atoms with Gasteiger partial charge in [0.2, 0.25) is 0 Å². The van der Waals surface area contributed by atoms with Gasteiger partial charge in [0, 0.05) is 36.2 Å². The Morgan fingerprint density at radius 3 is 2.66 bits per heavy atom. The van der Waals surface area contributed by atoms with Crippen molar-refractivity contribution in [3.05, 3.63) is 96.0 Å². The van der Waals surface area contributed by atoms with Crippen LogP contribution in [-0.2, 0) is 7.05 Å². The van der Waals surface area contributed by atoms with Crippen LogP contribution in [-0.4, -0.2) is 30.5 Å². The normalized spacial score (nSPS) is 11.3. The van der Waals surface area contributed by atoms with E-state index in [1.807, 2.05) is 48.7 Å². The molecule has 0 spiro atoms. The van der Waals surface area contributed by atoms with E-state index in [2.05, 4.69) is 25.8 Å². The fourth-order valence-corrected chi connectivity index (χ4v) is 3.73. The number of nitrogens with zero attached hydrogens (tertiary/aromatic N) is 5. The Balaban J connectivity index is 1.37. The molecular weight excluding hydrogens is 445 g/mol. The Morgan fingerprint density at radius 1 is 1.06 bits per heavy atom. The number of nitrogens with one attached hydrogen (secondary N) is 2. The van der Waals surface area contributed by atoms with Crippen LogP contribution in [0, 0.1) is 12.7 Å². The molecule has 0 aliphatic heterocycles. The van der Waals surface area contributed by atoms with Crippen molar-refractivity contribution in [1.29, 1.82) is 0 Å². The summed E-state index contributed by atoms with van der Waals surface area (Å²) in [6, 6.07) is 17.6. The summed E-state index contributed by atoms with van der Waals surface area (Å²) in [5.74, 6) is -0.967. The van der Waals surface area contributed by atoms with Gasteiger partial charge in [0.05, 0.1) is 28.8 Å². The second kappa shape index (κ2) is 9.22. The zero-order valence-electron chi connectivity index (χ0n) is 19.1. The first-order valence-corrected chi connectivity index (χ1v) is 10.9. The predicted octanol–water partition coefficient (Wildman–Crippen LogP) is 5.24.